The van der Waals surface area contributed by atoms with Crippen molar-refractivity contribution in [1.82, 2.24) is 14.8 Å². The van der Waals surface area contributed by atoms with Gasteiger partial charge in [0.05, 0.1) is 0 Å². The van der Waals surface area contributed by atoms with Crippen LogP contribution in [0.5, 0.6) is 0 Å². The van der Waals surface area contributed by atoms with Gasteiger partial charge < -0.3 is 9.84 Å². The van der Waals surface area contributed by atoms with Crippen molar-refractivity contribution in [1.29, 1.82) is 0 Å². The van der Waals surface area contributed by atoms with E-state index in [0.29, 0.717) is 29.5 Å². The van der Waals surface area contributed by atoms with Gasteiger partial charge in [-0.05, 0) is 37.6 Å². The maximum atomic E-state index is 12.8. The third-order valence-electron chi connectivity index (χ3n) is 4.25. The smallest absolute Gasteiger partial charge is 0.273 e. The molecule has 0 aromatic carbocycles. The summed E-state index contributed by atoms with van der Waals surface area (Å²) < 4.78 is 32.5. The number of hydrogen-bond donors (Lipinski definition) is 1. The summed E-state index contributed by atoms with van der Waals surface area (Å²) in [5.74, 6) is 0.269. The van der Waals surface area contributed by atoms with Crippen LogP contribution < -0.4 is 5.32 Å². The van der Waals surface area contributed by atoms with Crippen LogP contribution in [0.25, 0.3) is 0 Å². The van der Waals surface area contributed by atoms with Crippen LogP contribution in [0.2, 0.25) is 0 Å². The topological polar surface area (TPSA) is 92.5 Å². The first-order valence-electron chi connectivity index (χ1n) is 8.25. The van der Waals surface area contributed by atoms with Crippen molar-refractivity contribution in [3.05, 3.63) is 35.0 Å². The second kappa shape index (κ2) is 7.67. The number of piperidine rings is 1. The molecule has 7 nitrogen and oxygen atoms in total. The Morgan fingerprint density at radius 2 is 2.32 bits per heavy atom. The van der Waals surface area contributed by atoms with E-state index in [-0.39, 0.29) is 17.6 Å². The first kappa shape index (κ1) is 18.1. The van der Waals surface area contributed by atoms with Gasteiger partial charge in [-0.25, -0.2) is 8.42 Å². The zero-order valence-corrected chi connectivity index (χ0v) is 15.6. The summed E-state index contributed by atoms with van der Waals surface area (Å²) in [7, 11) is -3.46. The minimum Gasteiger partial charge on any atom is -0.361 e. The normalized spacial score (nSPS) is 19.0. The Morgan fingerprint density at radius 1 is 1.48 bits per heavy atom. The minimum absolute atomic E-state index is 0.0970. The predicted molar refractivity (Wildman–Crippen MR) is 94.0 cm³/mol. The lowest BCUT2D eigenvalue weighted by Gasteiger charge is -2.34. The molecule has 1 fully saturated rings. The Kier molecular flexibility index (Phi) is 5.55. The molecule has 0 unspecified atom stereocenters. The number of aryl methyl sites for hydroxylation is 1. The molecule has 0 bridgehead atoms. The number of carbonyl (C=O) groups excluding carboxylic acids is 1. The highest BCUT2D eigenvalue weighted by Crippen LogP contribution is 2.29. The Bertz CT molecular complexity index is 814. The van der Waals surface area contributed by atoms with Crippen LogP contribution in [-0.4, -0.2) is 42.9 Å². The molecule has 1 saturated heterocycles. The highest BCUT2D eigenvalue weighted by Gasteiger charge is 2.33. The largest absolute Gasteiger partial charge is 0.361 e. The van der Waals surface area contributed by atoms with Gasteiger partial charge in [0.15, 0.2) is 5.69 Å². The van der Waals surface area contributed by atoms with Crippen molar-refractivity contribution in [3.8, 4) is 0 Å². The standard InChI is InChI=1S/C16H21N3O4S2/c1-12-11-14(18-23-12)16(20)17-8-7-13-5-2-3-9-19(13)25(21,22)15-6-4-10-24-15/h4,6,10-11,13H,2-3,5,7-9H2,1H3,(H,17,20)/t13-/m0/s1. The van der Waals surface area contributed by atoms with Crippen molar-refractivity contribution < 1.29 is 17.7 Å². The number of carbonyl (C=O) groups is 1. The molecular formula is C16H21N3O4S2. The lowest BCUT2D eigenvalue weighted by Crippen LogP contribution is -2.44. The molecule has 9 heteroatoms. The van der Waals surface area contributed by atoms with E-state index in [1.165, 1.54) is 11.3 Å². The van der Waals surface area contributed by atoms with Gasteiger partial charge in [-0.1, -0.05) is 17.6 Å². The number of nitrogens with zero attached hydrogens (tertiary/aromatic N) is 2. The molecule has 3 heterocycles. The molecule has 2 aromatic rings. The van der Waals surface area contributed by atoms with Crippen molar-refractivity contribution in [2.45, 2.75) is 42.9 Å². The third kappa shape index (κ3) is 4.10. The zero-order chi connectivity index (χ0) is 17.9. The number of nitrogens with one attached hydrogen (secondary N) is 1. The number of thiophene rings is 1. The summed E-state index contributed by atoms with van der Waals surface area (Å²) >= 11 is 1.24. The second-order valence-corrected chi connectivity index (χ2v) is 9.13. The Hall–Kier alpha value is -1.71. The maximum absolute atomic E-state index is 12.8. The van der Waals surface area contributed by atoms with Gasteiger partial charge >= 0.3 is 0 Å². The van der Waals surface area contributed by atoms with Gasteiger partial charge in [0.25, 0.3) is 15.9 Å². The Labute approximate surface area is 151 Å². The predicted octanol–water partition coefficient (Wildman–Crippen LogP) is 2.41. The van der Waals surface area contributed by atoms with Gasteiger partial charge in [0.2, 0.25) is 0 Å². The molecule has 25 heavy (non-hydrogen) atoms. The van der Waals surface area contributed by atoms with Crippen LogP contribution in [0.3, 0.4) is 0 Å². The number of aromatic nitrogens is 1. The second-order valence-electron chi connectivity index (χ2n) is 6.06. The van der Waals surface area contributed by atoms with Crippen LogP contribution >= 0.6 is 11.3 Å². The van der Waals surface area contributed by atoms with Crippen molar-refractivity contribution in [2.75, 3.05) is 13.1 Å². The molecule has 0 aliphatic carbocycles. The van der Waals surface area contributed by atoms with E-state index in [2.05, 4.69) is 10.5 Å². The van der Waals surface area contributed by atoms with E-state index < -0.39 is 10.0 Å². The summed E-state index contributed by atoms with van der Waals surface area (Å²) in [6, 6.07) is 4.86. The van der Waals surface area contributed by atoms with Crippen molar-refractivity contribution >= 4 is 27.3 Å². The summed E-state index contributed by atoms with van der Waals surface area (Å²) in [5.41, 5.74) is 0.240. The highest BCUT2D eigenvalue weighted by molar-refractivity contribution is 7.91. The molecule has 2 aromatic heterocycles. The molecule has 0 radical (unpaired) electrons. The summed E-state index contributed by atoms with van der Waals surface area (Å²) in [5, 5.41) is 8.23. The SMILES string of the molecule is Cc1cc(C(=O)NCC[C@@H]2CCCCN2S(=O)(=O)c2cccs2)no1. The first-order chi connectivity index (χ1) is 12.0. The quantitative estimate of drug-likeness (QED) is 0.827. The number of sulfonamides is 1. The fourth-order valence-electron chi connectivity index (χ4n) is 3.02. The third-order valence-corrected chi connectivity index (χ3v) is 7.58. The van der Waals surface area contributed by atoms with Crippen LogP contribution in [0, 0.1) is 6.92 Å². The number of amides is 1. The lowest BCUT2D eigenvalue weighted by atomic mass is 10.0. The molecule has 136 valence electrons. The molecule has 0 saturated carbocycles. The highest BCUT2D eigenvalue weighted by atomic mass is 32.2. The molecule has 1 N–H and O–H groups in total. The van der Waals surface area contributed by atoms with Crippen LogP contribution in [-0.2, 0) is 10.0 Å². The van der Waals surface area contributed by atoms with Gasteiger partial charge in [0, 0.05) is 25.2 Å². The monoisotopic (exact) mass is 383 g/mol. The summed E-state index contributed by atoms with van der Waals surface area (Å²) in [6.45, 7) is 2.65. The molecule has 0 spiro atoms. The van der Waals surface area contributed by atoms with E-state index in [4.69, 9.17) is 4.52 Å². The average Bonchev–Trinajstić information content (AvgIpc) is 3.27. The molecule has 1 aliphatic rings. The maximum Gasteiger partial charge on any atom is 0.273 e. The number of hydrogen-bond acceptors (Lipinski definition) is 6. The molecule has 3 rings (SSSR count). The van der Waals surface area contributed by atoms with Crippen molar-refractivity contribution in [3.63, 3.8) is 0 Å². The lowest BCUT2D eigenvalue weighted by molar-refractivity contribution is 0.0940. The van der Waals surface area contributed by atoms with Gasteiger partial charge in [0.1, 0.15) is 9.97 Å². The van der Waals surface area contributed by atoms with Gasteiger partial charge in [-0.15, -0.1) is 11.3 Å². The summed E-state index contributed by atoms with van der Waals surface area (Å²) in [4.78, 5) is 12.0. The van der Waals surface area contributed by atoms with Gasteiger partial charge in [-0.3, -0.25) is 4.79 Å². The van der Waals surface area contributed by atoms with E-state index in [1.807, 2.05) is 0 Å². The minimum atomic E-state index is -3.46. The van der Waals surface area contributed by atoms with E-state index in [9.17, 15) is 13.2 Å². The Morgan fingerprint density at radius 3 is 3.00 bits per heavy atom. The van der Waals surface area contributed by atoms with Crippen LogP contribution in [0.1, 0.15) is 41.9 Å². The molecule has 1 atom stereocenters. The number of rotatable bonds is 6. The zero-order valence-electron chi connectivity index (χ0n) is 14.0. The fourth-order valence-corrected chi connectivity index (χ4v) is 5.86. The van der Waals surface area contributed by atoms with E-state index in [0.717, 1.165) is 19.3 Å². The molecule has 1 aliphatic heterocycles. The van der Waals surface area contributed by atoms with Crippen LogP contribution in [0.4, 0.5) is 0 Å². The van der Waals surface area contributed by atoms with E-state index >= 15 is 0 Å². The van der Waals surface area contributed by atoms with Crippen LogP contribution in [0.15, 0.2) is 32.3 Å². The first-order valence-corrected chi connectivity index (χ1v) is 10.6. The average molecular weight is 383 g/mol. The summed E-state index contributed by atoms with van der Waals surface area (Å²) in [6.07, 6.45) is 3.25. The molecule has 1 amide bonds. The van der Waals surface area contributed by atoms with E-state index in [1.54, 1.807) is 34.8 Å². The van der Waals surface area contributed by atoms with Crippen molar-refractivity contribution in [2.24, 2.45) is 0 Å². The Balaban J connectivity index is 1.61. The fraction of sp³-hybridized carbons (Fsp3) is 0.500. The molecular weight excluding hydrogens is 362 g/mol. The van der Waals surface area contributed by atoms with Gasteiger partial charge in [-0.2, -0.15) is 4.31 Å².